The SMILES string of the molecule is C=C(C)[C@@H]1C[C@@H]2O[C@]3(C=C/C(=C/[C@](C)(O)C[C@H]4C=C2C(=O)O4)O3)[C@H]1O. The van der Waals surface area contributed by atoms with Crippen LogP contribution in [0.5, 0.6) is 0 Å². The van der Waals surface area contributed by atoms with Gasteiger partial charge in [-0.15, -0.1) is 0 Å². The Bertz CT molecular complexity index is 730. The summed E-state index contributed by atoms with van der Waals surface area (Å²) in [6.45, 7) is 7.43. The van der Waals surface area contributed by atoms with Gasteiger partial charge in [0, 0.05) is 12.3 Å². The number of carbonyl (C=O) groups excluding carboxylic acids is 1. The van der Waals surface area contributed by atoms with Gasteiger partial charge in [-0.3, -0.25) is 0 Å². The number of hydrogen-bond acceptors (Lipinski definition) is 6. The van der Waals surface area contributed by atoms with Gasteiger partial charge in [0.25, 0.3) is 5.79 Å². The topological polar surface area (TPSA) is 85.2 Å². The molecule has 6 atom stereocenters. The van der Waals surface area contributed by atoms with Crippen molar-refractivity contribution in [1.29, 1.82) is 0 Å². The van der Waals surface area contributed by atoms with E-state index in [2.05, 4.69) is 6.58 Å². The van der Waals surface area contributed by atoms with Gasteiger partial charge in [-0.2, -0.15) is 0 Å². The molecular formula is C19H22O6. The zero-order valence-corrected chi connectivity index (χ0v) is 14.3. The van der Waals surface area contributed by atoms with Crippen LogP contribution in [0.25, 0.3) is 0 Å². The Morgan fingerprint density at radius 2 is 2.20 bits per heavy atom. The molecule has 4 heterocycles. The number of aliphatic hydroxyl groups excluding tert-OH is 1. The molecule has 0 unspecified atom stereocenters. The van der Waals surface area contributed by atoms with Crippen molar-refractivity contribution in [3.8, 4) is 0 Å². The Morgan fingerprint density at radius 3 is 2.92 bits per heavy atom. The van der Waals surface area contributed by atoms with Crippen LogP contribution in [0.1, 0.15) is 26.7 Å². The molecule has 0 radical (unpaired) electrons. The van der Waals surface area contributed by atoms with Gasteiger partial charge in [-0.1, -0.05) is 12.2 Å². The molecule has 5 bridgehead atoms. The predicted molar refractivity (Wildman–Crippen MR) is 88.0 cm³/mol. The van der Waals surface area contributed by atoms with Gasteiger partial charge in [-0.25, -0.2) is 4.79 Å². The normalized spacial score (nSPS) is 47.1. The quantitative estimate of drug-likeness (QED) is 0.553. The number of ether oxygens (including phenoxy) is 3. The second-order valence-electron chi connectivity index (χ2n) is 7.57. The fraction of sp³-hybridized carbons (Fsp3) is 0.526. The summed E-state index contributed by atoms with van der Waals surface area (Å²) in [5.41, 5.74) is -0.0372. The molecule has 4 rings (SSSR count). The minimum atomic E-state index is -1.40. The fourth-order valence-corrected chi connectivity index (χ4v) is 4.01. The highest BCUT2D eigenvalue weighted by atomic mass is 16.7. The molecule has 1 spiro atoms. The molecule has 6 nitrogen and oxygen atoms in total. The van der Waals surface area contributed by atoms with Gasteiger partial charge >= 0.3 is 5.97 Å². The van der Waals surface area contributed by atoms with Crippen LogP contribution >= 0.6 is 0 Å². The molecule has 134 valence electrons. The van der Waals surface area contributed by atoms with E-state index in [1.807, 2.05) is 6.92 Å². The second kappa shape index (κ2) is 5.30. The van der Waals surface area contributed by atoms with Crippen LogP contribution in [0.4, 0.5) is 0 Å². The molecule has 0 amide bonds. The maximum Gasteiger partial charge on any atom is 0.337 e. The summed E-state index contributed by atoms with van der Waals surface area (Å²) < 4.78 is 17.4. The monoisotopic (exact) mass is 346 g/mol. The molecule has 2 N–H and O–H groups in total. The molecule has 0 aromatic carbocycles. The van der Waals surface area contributed by atoms with Gasteiger partial charge in [0.1, 0.15) is 18.0 Å². The van der Waals surface area contributed by atoms with Crippen molar-refractivity contribution in [2.24, 2.45) is 5.92 Å². The lowest BCUT2D eigenvalue weighted by Crippen LogP contribution is -2.55. The van der Waals surface area contributed by atoms with Gasteiger partial charge in [0.15, 0.2) is 0 Å². The Kier molecular flexibility index (Phi) is 3.51. The van der Waals surface area contributed by atoms with Gasteiger partial charge < -0.3 is 24.4 Å². The zero-order valence-electron chi connectivity index (χ0n) is 14.3. The third kappa shape index (κ3) is 2.65. The molecule has 1 saturated heterocycles. The number of aliphatic hydroxyl groups is 2. The molecule has 0 aliphatic carbocycles. The van der Waals surface area contributed by atoms with E-state index in [9.17, 15) is 15.0 Å². The summed E-state index contributed by atoms with van der Waals surface area (Å²) in [7, 11) is 0. The van der Waals surface area contributed by atoms with E-state index in [1.165, 1.54) is 0 Å². The largest absolute Gasteiger partial charge is 0.456 e. The Balaban J connectivity index is 1.83. The molecule has 1 fully saturated rings. The van der Waals surface area contributed by atoms with Crippen molar-refractivity contribution >= 4 is 5.97 Å². The first-order valence-corrected chi connectivity index (χ1v) is 8.47. The minimum Gasteiger partial charge on any atom is -0.456 e. The standard InChI is InChI=1S/C19H22O6/c1-10(2)13-7-15-14-6-12(23-17(14)21)9-18(3,22)8-11-4-5-19(24-11,25-15)16(13)20/h4-6,8,12-13,15-16,20,22H,1,7,9H2,2-3H3/b11-8-/t12-,13+,15+,16+,18+,19-/m1/s1. The molecule has 0 aromatic rings. The summed E-state index contributed by atoms with van der Waals surface area (Å²) in [5.74, 6) is -1.74. The summed E-state index contributed by atoms with van der Waals surface area (Å²) in [5, 5.41) is 21.5. The predicted octanol–water partition coefficient (Wildman–Crippen LogP) is 1.50. The van der Waals surface area contributed by atoms with Crippen LogP contribution in [0, 0.1) is 5.92 Å². The van der Waals surface area contributed by atoms with Crippen molar-refractivity contribution in [3.05, 3.63) is 47.8 Å². The Morgan fingerprint density at radius 1 is 1.44 bits per heavy atom. The number of allylic oxidation sites excluding steroid dienone is 1. The van der Waals surface area contributed by atoms with Gasteiger partial charge in [0.05, 0.1) is 17.3 Å². The highest BCUT2D eigenvalue weighted by molar-refractivity contribution is 5.92. The lowest BCUT2D eigenvalue weighted by Gasteiger charge is -2.45. The van der Waals surface area contributed by atoms with Crippen LogP contribution in [0.15, 0.2) is 47.8 Å². The van der Waals surface area contributed by atoms with Crippen molar-refractivity contribution in [2.45, 2.75) is 56.4 Å². The van der Waals surface area contributed by atoms with E-state index < -0.39 is 35.7 Å². The van der Waals surface area contributed by atoms with E-state index in [-0.39, 0.29) is 12.3 Å². The summed E-state index contributed by atoms with van der Waals surface area (Å²) in [4.78, 5) is 12.3. The van der Waals surface area contributed by atoms with E-state index >= 15 is 0 Å². The molecule has 4 aliphatic rings. The fourth-order valence-electron chi connectivity index (χ4n) is 4.01. The highest BCUT2D eigenvalue weighted by Crippen LogP contribution is 2.46. The van der Waals surface area contributed by atoms with Crippen molar-refractivity contribution in [3.63, 3.8) is 0 Å². The lowest BCUT2D eigenvalue weighted by atomic mass is 9.80. The third-order valence-corrected chi connectivity index (χ3v) is 5.25. The summed E-state index contributed by atoms with van der Waals surface area (Å²) in [6, 6.07) is 0. The molecule has 6 heteroatoms. The first-order chi connectivity index (χ1) is 11.7. The summed E-state index contributed by atoms with van der Waals surface area (Å²) in [6.07, 6.45) is 5.15. The van der Waals surface area contributed by atoms with Crippen LogP contribution in [0.2, 0.25) is 0 Å². The zero-order chi connectivity index (χ0) is 18.0. The van der Waals surface area contributed by atoms with E-state index in [0.29, 0.717) is 17.8 Å². The number of carbonyl (C=O) groups is 1. The van der Waals surface area contributed by atoms with E-state index in [4.69, 9.17) is 14.2 Å². The van der Waals surface area contributed by atoms with Crippen molar-refractivity contribution in [2.75, 3.05) is 0 Å². The number of esters is 1. The molecule has 4 aliphatic heterocycles. The van der Waals surface area contributed by atoms with E-state index in [0.717, 1.165) is 5.57 Å². The molecule has 0 aromatic heterocycles. The Labute approximate surface area is 146 Å². The van der Waals surface area contributed by atoms with Gasteiger partial charge in [-0.05, 0) is 44.6 Å². The highest BCUT2D eigenvalue weighted by Gasteiger charge is 2.55. The maximum atomic E-state index is 12.3. The average molecular weight is 346 g/mol. The van der Waals surface area contributed by atoms with Crippen LogP contribution in [-0.2, 0) is 19.0 Å². The molecule has 25 heavy (non-hydrogen) atoms. The number of hydrogen-bond donors (Lipinski definition) is 2. The van der Waals surface area contributed by atoms with Crippen LogP contribution in [0.3, 0.4) is 0 Å². The third-order valence-electron chi connectivity index (χ3n) is 5.25. The molecular weight excluding hydrogens is 324 g/mol. The first-order valence-electron chi connectivity index (χ1n) is 8.47. The minimum absolute atomic E-state index is 0.217. The van der Waals surface area contributed by atoms with E-state index in [1.54, 1.807) is 31.2 Å². The first kappa shape index (κ1) is 16.6. The van der Waals surface area contributed by atoms with Gasteiger partial charge in [0.2, 0.25) is 0 Å². The summed E-state index contributed by atoms with van der Waals surface area (Å²) >= 11 is 0. The van der Waals surface area contributed by atoms with Crippen molar-refractivity contribution in [1.82, 2.24) is 0 Å². The smallest absolute Gasteiger partial charge is 0.337 e. The molecule has 0 saturated carbocycles. The van der Waals surface area contributed by atoms with Crippen molar-refractivity contribution < 1.29 is 29.2 Å². The van der Waals surface area contributed by atoms with Crippen LogP contribution in [-0.4, -0.2) is 45.9 Å². The average Bonchev–Trinajstić information content (AvgIpc) is 3.04. The number of fused-ring (bicyclic) bond motifs is 4. The maximum absolute atomic E-state index is 12.3. The number of rotatable bonds is 1. The lowest BCUT2D eigenvalue weighted by molar-refractivity contribution is -0.275. The van der Waals surface area contributed by atoms with Crippen LogP contribution < -0.4 is 0 Å². The second-order valence-corrected chi connectivity index (χ2v) is 7.57. The Hall–Kier alpha value is -1.89.